The van der Waals surface area contributed by atoms with E-state index in [0.717, 1.165) is 32.1 Å². The highest BCUT2D eigenvalue weighted by atomic mass is 16.7. The summed E-state index contributed by atoms with van der Waals surface area (Å²) in [5.41, 5.74) is -0.915. The number of ether oxygens (including phenoxy) is 2. The van der Waals surface area contributed by atoms with E-state index in [1.807, 2.05) is 6.92 Å². The molecule has 15 unspecified atom stereocenters. The molecule has 46 heavy (non-hydrogen) atoms. The fraction of sp³-hybridized carbons (Fsp3) is 0.889. The molecule has 0 aromatic heterocycles. The lowest BCUT2D eigenvalue weighted by atomic mass is 9.33. The highest BCUT2D eigenvalue weighted by molar-refractivity contribution is 5.87. The number of aliphatic hydroxyl groups excluding tert-OH is 5. The Bertz CT molecular complexity index is 1300. The molecule has 6 aliphatic rings. The summed E-state index contributed by atoms with van der Waals surface area (Å²) in [5, 5.41) is 64.0. The van der Waals surface area contributed by atoms with E-state index in [1.54, 1.807) is 0 Å². The quantitative estimate of drug-likeness (QED) is 0.196. The fourth-order valence-electron chi connectivity index (χ4n) is 12.1. The molecule has 4 saturated carbocycles. The number of carbonyl (C=O) groups excluding carboxylic acids is 1. The summed E-state index contributed by atoms with van der Waals surface area (Å²) in [4.78, 5) is 25.3. The molecule has 0 aromatic rings. The zero-order valence-corrected chi connectivity index (χ0v) is 28.5. The van der Waals surface area contributed by atoms with Crippen molar-refractivity contribution < 1.29 is 49.7 Å². The van der Waals surface area contributed by atoms with E-state index >= 15 is 0 Å². The number of rotatable bonds is 4. The van der Waals surface area contributed by atoms with Crippen LogP contribution < -0.4 is 0 Å². The molecular formula is C36H56O10. The number of hydrogen-bond acceptors (Lipinski definition) is 9. The van der Waals surface area contributed by atoms with Crippen LogP contribution in [0.4, 0.5) is 0 Å². The Morgan fingerprint density at radius 2 is 1.61 bits per heavy atom. The standard InChI is InChI=1S/C36H56O10/c1-31(2)15-19-18-14-20(38)28-33(4)10-9-23(45-30-26(42)24(40)25(41)27(46-30)29(43)44)34(5,17-37)21(33)8-11-36(28,7)35(18,6)13-12-32(19,3)22(39)16-31/h14,19-21,23-28,30,37-38,40-42H,8-13,15-17H2,1-7H3,(H,43,44). The first-order chi connectivity index (χ1) is 21.2. The monoisotopic (exact) mass is 648 g/mol. The maximum absolute atomic E-state index is 13.6. The van der Waals surface area contributed by atoms with E-state index < -0.39 is 59.7 Å². The van der Waals surface area contributed by atoms with Crippen LogP contribution in [0.15, 0.2) is 11.6 Å². The molecule has 260 valence electrons. The van der Waals surface area contributed by atoms with Crippen LogP contribution in [0, 0.1) is 50.2 Å². The minimum absolute atomic E-state index is 0.0782. The first-order valence-electron chi connectivity index (χ1n) is 17.3. The van der Waals surface area contributed by atoms with Crippen LogP contribution >= 0.6 is 0 Å². The SMILES string of the molecule is CC1(C)CC(=O)C2(C)CCC3(C)C(=CC(O)C4C5(C)CCC(OC6OC(C(=O)O)C(O)C(O)C6O)C(C)(CO)C5CCC43C)C2C1. The van der Waals surface area contributed by atoms with Gasteiger partial charge in [-0.2, -0.15) is 0 Å². The topological polar surface area (TPSA) is 174 Å². The molecule has 5 fully saturated rings. The van der Waals surface area contributed by atoms with E-state index in [4.69, 9.17) is 9.47 Å². The van der Waals surface area contributed by atoms with Crippen molar-refractivity contribution in [3.8, 4) is 0 Å². The number of ketones is 1. The van der Waals surface area contributed by atoms with Gasteiger partial charge >= 0.3 is 5.97 Å². The minimum atomic E-state index is -1.81. The zero-order chi connectivity index (χ0) is 34.0. The van der Waals surface area contributed by atoms with Crippen molar-refractivity contribution in [3.63, 3.8) is 0 Å². The van der Waals surface area contributed by atoms with Crippen molar-refractivity contribution in [2.45, 2.75) is 143 Å². The van der Waals surface area contributed by atoms with Crippen LogP contribution in [0.25, 0.3) is 0 Å². The number of fused-ring (bicyclic) bond motifs is 7. The molecule has 6 rings (SSSR count). The minimum Gasteiger partial charge on any atom is -0.479 e. The Morgan fingerprint density at radius 3 is 2.24 bits per heavy atom. The average molecular weight is 649 g/mol. The van der Waals surface area contributed by atoms with Gasteiger partial charge in [-0.15, -0.1) is 0 Å². The Hall–Kier alpha value is -1.40. The Morgan fingerprint density at radius 1 is 0.935 bits per heavy atom. The highest BCUT2D eigenvalue weighted by Gasteiger charge is 2.71. The van der Waals surface area contributed by atoms with Crippen LogP contribution in [0.5, 0.6) is 0 Å². The molecule has 1 heterocycles. The van der Waals surface area contributed by atoms with Crippen LogP contribution in [0.3, 0.4) is 0 Å². The number of carboxylic acids is 1. The van der Waals surface area contributed by atoms with Crippen molar-refractivity contribution in [3.05, 3.63) is 11.6 Å². The second kappa shape index (κ2) is 10.8. The van der Waals surface area contributed by atoms with Gasteiger partial charge in [0.2, 0.25) is 0 Å². The molecule has 10 heteroatoms. The molecule has 0 aromatic carbocycles. The molecule has 0 bridgehead atoms. The third-order valence-electron chi connectivity index (χ3n) is 15.0. The number of allylic oxidation sites excluding steroid dienone is 1. The van der Waals surface area contributed by atoms with Gasteiger partial charge in [-0.1, -0.05) is 60.1 Å². The van der Waals surface area contributed by atoms with E-state index in [0.29, 0.717) is 25.0 Å². The number of carboxylic acid groups (broad SMARTS) is 1. The van der Waals surface area contributed by atoms with Crippen LogP contribution in [-0.2, 0) is 19.1 Å². The highest BCUT2D eigenvalue weighted by Crippen LogP contribution is 2.75. The van der Waals surface area contributed by atoms with Gasteiger partial charge in [0.15, 0.2) is 12.4 Å². The summed E-state index contributed by atoms with van der Waals surface area (Å²) in [5.74, 6) is -1.23. The summed E-state index contributed by atoms with van der Waals surface area (Å²) < 4.78 is 11.7. The van der Waals surface area contributed by atoms with Crippen LogP contribution in [-0.4, -0.2) is 91.9 Å². The van der Waals surface area contributed by atoms with Gasteiger partial charge in [0, 0.05) is 23.2 Å². The maximum atomic E-state index is 13.6. The number of carbonyl (C=O) groups is 2. The third-order valence-corrected chi connectivity index (χ3v) is 15.0. The van der Waals surface area contributed by atoms with Crippen molar-refractivity contribution in [1.82, 2.24) is 0 Å². The summed E-state index contributed by atoms with van der Waals surface area (Å²) in [7, 11) is 0. The molecule has 0 spiro atoms. The van der Waals surface area contributed by atoms with Crippen LogP contribution in [0.2, 0.25) is 0 Å². The van der Waals surface area contributed by atoms with Crippen molar-refractivity contribution >= 4 is 11.8 Å². The normalized spacial score (nSPS) is 54.9. The fourth-order valence-corrected chi connectivity index (χ4v) is 12.1. The second-order valence-electron chi connectivity index (χ2n) is 17.9. The number of Topliss-reactive ketones (excluding diaryl/α,β-unsaturated/α-hetero) is 1. The van der Waals surface area contributed by atoms with Gasteiger partial charge in [0.25, 0.3) is 0 Å². The van der Waals surface area contributed by atoms with Crippen molar-refractivity contribution in [1.29, 1.82) is 0 Å². The smallest absolute Gasteiger partial charge is 0.335 e. The van der Waals surface area contributed by atoms with E-state index in [1.165, 1.54) is 5.57 Å². The Labute approximate surface area is 272 Å². The molecule has 6 N–H and O–H groups in total. The maximum Gasteiger partial charge on any atom is 0.335 e. The molecule has 1 saturated heterocycles. The summed E-state index contributed by atoms with van der Waals surface area (Å²) >= 11 is 0. The second-order valence-corrected chi connectivity index (χ2v) is 17.9. The molecule has 0 radical (unpaired) electrons. The van der Waals surface area contributed by atoms with Gasteiger partial charge < -0.3 is 40.1 Å². The average Bonchev–Trinajstić information content (AvgIpc) is 2.96. The number of aliphatic hydroxyl groups is 5. The molecule has 0 amide bonds. The van der Waals surface area contributed by atoms with E-state index in [9.17, 15) is 40.2 Å². The Balaban J connectivity index is 1.33. The number of hydrogen-bond donors (Lipinski definition) is 6. The molecule has 1 aliphatic heterocycles. The summed E-state index contributed by atoms with van der Waals surface area (Å²) in [6, 6.07) is 0. The Kier molecular flexibility index (Phi) is 8.09. The molecular weight excluding hydrogens is 592 g/mol. The van der Waals surface area contributed by atoms with Gasteiger partial charge in [0.1, 0.15) is 24.1 Å². The lowest BCUT2D eigenvalue weighted by Crippen LogP contribution is -2.69. The summed E-state index contributed by atoms with van der Waals surface area (Å²) in [6.45, 7) is 15.2. The lowest BCUT2D eigenvalue weighted by molar-refractivity contribution is -0.328. The predicted molar refractivity (Wildman–Crippen MR) is 167 cm³/mol. The van der Waals surface area contributed by atoms with E-state index in [-0.39, 0.29) is 46.0 Å². The third kappa shape index (κ3) is 4.53. The van der Waals surface area contributed by atoms with E-state index in [2.05, 4.69) is 47.6 Å². The largest absolute Gasteiger partial charge is 0.479 e. The summed E-state index contributed by atoms with van der Waals surface area (Å²) in [6.07, 6.45) is -1.82. The predicted octanol–water partition coefficient (Wildman–Crippen LogP) is 3.21. The van der Waals surface area contributed by atoms with Gasteiger partial charge in [-0.25, -0.2) is 4.79 Å². The lowest BCUT2D eigenvalue weighted by Gasteiger charge is -2.72. The van der Waals surface area contributed by atoms with Crippen molar-refractivity contribution in [2.75, 3.05) is 6.61 Å². The number of aliphatic carboxylic acids is 1. The first-order valence-corrected chi connectivity index (χ1v) is 17.3. The molecule has 15 atom stereocenters. The molecule has 10 nitrogen and oxygen atoms in total. The van der Waals surface area contributed by atoms with Gasteiger partial charge in [-0.3, -0.25) is 4.79 Å². The molecule has 5 aliphatic carbocycles. The van der Waals surface area contributed by atoms with Gasteiger partial charge in [0.05, 0.1) is 18.8 Å². The first kappa shape index (κ1) is 34.5. The van der Waals surface area contributed by atoms with Crippen LogP contribution in [0.1, 0.15) is 99.8 Å². The zero-order valence-electron chi connectivity index (χ0n) is 28.5. The van der Waals surface area contributed by atoms with Crippen molar-refractivity contribution in [2.24, 2.45) is 50.2 Å². The van der Waals surface area contributed by atoms with Gasteiger partial charge in [-0.05, 0) is 78.4 Å².